The van der Waals surface area contributed by atoms with Gasteiger partial charge < -0.3 is 4.90 Å². The van der Waals surface area contributed by atoms with Gasteiger partial charge in [-0.2, -0.15) is 0 Å². The summed E-state index contributed by atoms with van der Waals surface area (Å²) in [5.74, 6) is 0. The Hall–Kier alpha value is -0.510. The third-order valence-electron chi connectivity index (χ3n) is 4.12. The van der Waals surface area contributed by atoms with E-state index in [1.54, 1.807) is 5.56 Å². The first-order valence-corrected chi connectivity index (χ1v) is 7.77. The number of hydrogen-bond acceptors (Lipinski definition) is 3. The summed E-state index contributed by atoms with van der Waals surface area (Å²) < 4.78 is 0. The summed E-state index contributed by atoms with van der Waals surface area (Å²) >= 11 is 2.08. The molecule has 1 saturated heterocycles. The van der Waals surface area contributed by atoms with E-state index in [2.05, 4.69) is 59.8 Å². The lowest BCUT2D eigenvalue weighted by molar-refractivity contribution is 0.101. The predicted octanol–water partition coefficient (Wildman–Crippen LogP) is 2.34. The molecule has 1 fully saturated rings. The Balaban J connectivity index is 1.59. The number of likely N-dealkylation sites (N-methyl/N-ethyl adjacent to an activating group) is 1. The zero-order valence-electron chi connectivity index (χ0n) is 11.3. The molecule has 0 amide bonds. The van der Waals surface area contributed by atoms with Crippen LogP contribution in [0.5, 0.6) is 0 Å². The van der Waals surface area contributed by atoms with Crippen molar-refractivity contribution in [2.75, 3.05) is 33.2 Å². The second-order valence-electron chi connectivity index (χ2n) is 5.66. The summed E-state index contributed by atoms with van der Waals surface area (Å²) in [4.78, 5) is 6.62. The van der Waals surface area contributed by atoms with Crippen molar-refractivity contribution in [3.8, 4) is 0 Å². The Labute approximate surface area is 114 Å². The minimum Gasteiger partial charge on any atom is -0.304 e. The van der Waals surface area contributed by atoms with Crippen LogP contribution in [-0.4, -0.2) is 54.3 Å². The van der Waals surface area contributed by atoms with Crippen LogP contribution in [0.4, 0.5) is 0 Å². The normalized spacial score (nSPS) is 29.4. The Bertz CT molecular complexity index is 396. The smallest absolute Gasteiger partial charge is 0.0263 e. The van der Waals surface area contributed by atoms with Crippen LogP contribution in [0.15, 0.2) is 29.2 Å². The Morgan fingerprint density at radius 1 is 1.28 bits per heavy atom. The molecule has 0 spiro atoms. The lowest BCUT2D eigenvalue weighted by atomic mass is 10.1. The van der Waals surface area contributed by atoms with E-state index >= 15 is 0 Å². The lowest BCUT2D eigenvalue weighted by Gasteiger charge is -2.39. The van der Waals surface area contributed by atoms with Crippen LogP contribution < -0.4 is 0 Å². The van der Waals surface area contributed by atoms with Crippen LogP contribution >= 0.6 is 11.8 Å². The van der Waals surface area contributed by atoms with Gasteiger partial charge in [0.2, 0.25) is 0 Å². The standard InChI is InChI=1S/C15H22N2S/c1-12-10-16(2)7-8-17(12)11-14-9-13-5-3-4-6-15(13)18-14/h3-6,12,14H,7-11H2,1-2H3. The summed E-state index contributed by atoms with van der Waals surface area (Å²) in [6.07, 6.45) is 1.25. The van der Waals surface area contributed by atoms with Crippen LogP contribution in [0.25, 0.3) is 0 Å². The van der Waals surface area contributed by atoms with E-state index in [4.69, 9.17) is 0 Å². The van der Waals surface area contributed by atoms with E-state index in [-0.39, 0.29) is 0 Å². The Morgan fingerprint density at radius 3 is 2.89 bits per heavy atom. The second-order valence-corrected chi connectivity index (χ2v) is 7.00. The molecule has 2 unspecified atom stereocenters. The monoisotopic (exact) mass is 262 g/mol. The molecule has 2 nitrogen and oxygen atoms in total. The highest BCUT2D eigenvalue weighted by Gasteiger charge is 2.28. The molecule has 0 N–H and O–H groups in total. The number of fused-ring (bicyclic) bond motifs is 1. The Kier molecular flexibility index (Phi) is 3.64. The molecule has 2 atom stereocenters. The van der Waals surface area contributed by atoms with Gasteiger partial charge in [-0.05, 0) is 32.0 Å². The molecule has 1 aromatic carbocycles. The van der Waals surface area contributed by atoms with Crippen LogP contribution in [0.1, 0.15) is 12.5 Å². The second kappa shape index (κ2) is 5.24. The molecular weight excluding hydrogens is 240 g/mol. The van der Waals surface area contributed by atoms with Crippen LogP contribution in [-0.2, 0) is 6.42 Å². The zero-order chi connectivity index (χ0) is 12.5. The van der Waals surface area contributed by atoms with Crippen molar-refractivity contribution in [3.63, 3.8) is 0 Å². The maximum absolute atomic E-state index is 2.67. The molecule has 2 heterocycles. The number of hydrogen-bond donors (Lipinski definition) is 0. The van der Waals surface area contributed by atoms with Gasteiger partial charge in [-0.1, -0.05) is 18.2 Å². The molecule has 2 aliphatic heterocycles. The van der Waals surface area contributed by atoms with Crippen molar-refractivity contribution in [1.29, 1.82) is 0 Å². The third-order valence-corrected chi connectivity index (χ3v) is 5.42. The van der Waals surface area contributed by atoms with Crippen molar-refractivity contribution in [2.24, 2.45) is 0 Å². The zero-order valence-corrected chi connectivity index (χ0v) is 12.1. The first kappa shape index (κ1) is 12.5. The summed E-state index contributed by atoms with van der Waals surface area (Å²) in [6.45, 7) is 7.26. The molecular formula is C15H22N2S. The summed E-state index contributed by atoms with van der Waals surface area (Å²) in [7, 11) is 2.23. The highest BCUT2D eigenvalue weighted by Crippen LogP contribution is 2.37. The van der Waals surface area contributed by atoms with Crippen molar-refractivity contribution in [1.82, 2.24) is 9.80 Å². The number of thioether (sulfide) groups is 1. The van der Waals surface area contributed by atoms with Gasteiger partial charge in [0.25, 0.3) is 0 Å². The quantitative estimate of drug-likeness (QED) is 0.808. The molecule has 0 bridgehead atoms. The highest BCUT2D eigenvalue weighted by molar-refractivity contribution is 8.00. The fraction of sp³-hybridized carbons (Fsp3) is 0.600. The molecule has 3 heteroatoms. The van der Waals surface area contributed by atoms with Crippen LogP contribution in [0.3, 0.4) is 0 Å². The minimum atomic E-state index is 0.702. The van der Waals surface area contributed by atoms with Gasteiger partial charge in [0.05, 0.1) is 0 Å². The third kappa shape index (κ3) is 2.58. The van der Waals surface area contributed by atoms with Crippen molar-refractivity contribution < 1.29 is 0 Å². The number of rotatable bonds is 2. The highest BCUT2D eigenvalue weighted by atomic mass is 32.2. The van der Waals surface area contributed by atoms with E-state index in [9.17, 15) is 0 Å². The van der Waals surface area contributed by atoms with Gasteiger partial charge in [0.15, 0.2) is 0 Å². The van der Waals surface area contributed by atoms with E-state index in [0.29, 0.717) is 6.04 Å². The van der Waals surface area contributed by atoms with Crippen LogP contribution in [0, 0.1) is 0 Å². The van der Waals surface area contributed by atoms with Gasteiger partial charge in [0.1, 0.15) is 0 Å². The molecule has 2 aliphatic rings. The summed E-state index contributed by atoms with van der Waals surface area (Å²) in [6, 6.07) is 9.59. The first-order valence-electron chi connectivity index (χ1n) is 6.89. The number of benzene rings is 1. The summed E-state index contributed by atoms with van der Waals surface area (Å²) in [5.41, 5.74) is 1.55. The topological polar surface area (TPSA) is 6.48 Å². The van der Waals surface area contributed by atoms with Crippen molar-refractivity contribution in [3.05, 3.63) is 29.8 Å². The molecule has 0 saturated carbocycles. The molecule has 3 rings (SSSR count). The fourth-order valence-corrected chi connectivity index (χ4v) is 4.41. The number of nitrogens with zero attached hydrogens (tertiary/aromatic N) is 2. The molecule has 0 aromatic heterocycles. The maximum Gasteiger partial charge on any atom is 0.0263 e. The van der Waals surface area contributed by atoms with Crippen molar-refractivity contribution >= 4 is 11.8 Å². The SMILES string of the molecule is CC1CN(C)CCN1CC1Cc2ccccc2S1. The largest absolute Gasteiger partial charge is 0.304 e. The van der Waals surface area contributed by atoms with Gasteiger partial charge >= 0.3 is 0 Å². The Morgan fingerprint density at radius 2 is 2.11 bits per heavy atom. The van der Waals surface area contributed by atoms with Gasteiger partial charge in [0, 0.05) is 42.4 Å². The van der Waals surface area contributed by atoms with Gasteiger partial charge in [-0.3, -0.25) is 4.90 Å². The molecule has 98 valence electrons. The van der Waals surface area contributed by atoms with Gasteiger partial charge in [-0.25, -0.2) is 0 Å². The van der Waals surface area contributed by atoms with Crippen LogP contribution in [0.2, 0.25) is 0 Å². The lowest BCUT2D eigenvalue weighted by Crippen LogP contribution is -2.52. The maximum atomic E-state index is 2.67. The number of piperazine rings is 1. The molecule has 1 aromatic rings. The van der Waals surface area contributed by atoms with E-state index in [0.717, 1.165) is 5.25 Å². The van der Waals surface area contributed by atoms with Gasteiger partial charge in [-0.15, -0.1) is 11.8 Å². The van der Waals surface area contributed by atoms with E-state index in [1.807, 2.05) is 0 Å². The first-order chi connectivity index (χ1) is 8.72. The molecule has 18 heavy (non-hydrogen) atoms. The van der Waals surface area contributed by atoms with E-state index in [1.165, 1.54) is 37.5 Å². The molecule has 0 aliphatic carbocycles. The fourth-order valence-electron chi connectivity index (χ4n) is 3.07. The van der Waals surface area contributed by atoms with E-state index < -0.39 is 0 Å². The average molecular weight is 262 g/mol. The van der Waals surface area contributed by atoms with Crippen molar-refractivity contribution in [2.45, 2.75) is 29.5 Å². The molecule has 0 radical (unpaired) electrons. The average Bonchev–Trinajstić information content (AvgIpc) is 2.75. The predicted molar refractivity (Wildman–Crippen MR) is 78.3 cm³/mol. The minimum absolute atomic E-state index is 0.702. The summed E-state index contributed by atoms with van der Waals surface area (Å²) in [5, 5.41) is 0.758.